The summed E-state index contributed by atoms with van der Waals surface area (Å²) in [6.45, 7) is 3.34. The van der Waals surface area contributed by atoms with Crippen molar-refractivity contribution in [3.05, 3.63) is 17.5 Å². The van der Waals surface area contributed by atoms with E-state index in [4.69, 9.17) is 10.5 Å². The van der Waals surface area contributed by atoms with Crippen molar-refractivity contribution in [2.24, 2.45) is 18.7 Å². The lowest BCUT2D eigenvalue weighted by atomic mass is 10.0. The van der Waals surface area contributed by atoms with Crippen LogP contribution in [-0.2, 0) is 23.1 Å². The van der Waals surface area contributed by atoms with Gasteiger partial charge in [-0.1, -0.05) is 0 Å². The third-order valence-corrected chi connectivity index (χ3v) is 3.25. The second-order valence-electron chi connectivity index (χ2n) is 4.40. The summed E-state index contributed by atoms with van der Waals surface area (Å²) < 4.78 is 6.95. The maximum Gasteiger partial charge on any atom is 0.227 e. The van der Waals surface area contributed by atoms with E-state index in [0.29, 0.717) is 19.8 Å². The van der Waals surface area contributed by atoms with E-state index in [2.05, 4.69) is 10.4 Å². The number of rotatable bonds is 3. The number of nitrogens with one attached hydrogen (secondary N) is 1. The zero-order valence-corrected chi connectivity index (χ0v) is 10.1. The van der Waals surface area contributed by atoms with Gasteiger partial charge in [0.05, 0.1) is 25.3 Å². The smallest absolute Gasteiger partial charge is 0.227 e. The summed E-state index contributed by atoms with van der Waals surface area (Å²) in [4.78, 5) is 11.8. The van der Waals surface area contributed by atoms with E-state index in [1.54, 1.807) is 10.9 Å². The molecule has 0 spiro atoms. The molecule has 94 valence electrons. The minimum absolute atomic E-state index is 0.0433. The van der Waals surface area contributed by atoms with Crippen LogP contribution in [0.4, 0.5) is 0 Å². The van der Waals surface area contributed by atoms with Gasteiger partial charge < -0.3 is 15.8 Å². The molecule has 2 rings (SSSR count). The molecule has 1 aromatic heterocycles. The molecule has 6 heteroatoms. The number of carbonyl (C=O) groups excluding carboxylic acids is 1. The van der Waals surface area contributed by atoms with E-state index in [-0.39, 0.29) is 17.9 Å². The maximum absolute atomic E-state index is 11.8. The van der Waals surface area contributed by atoms with Crippen molar-refractivity contribution in [3.8, 4) is 0 Å². The Balaban J connectivity index is 1.90. The van der Waals surface area contributed by atoms with E-state index < -0.39 is 0 Å². The first kappa shape index (κ1) is 12.1. The highest BCUT2D eigenvalue weighted by atomic mass is 16.5. The third-order valence-electron chi connectivity index (χ3n) is 3.25. The topological polar surface area (TPSA) is 82.2 Å². The zero-order chi connectivity index (χ0) is 12.4. The average molecular weight is 238 g/mol. The number of hydrogen-bond acceptors (Lipinski definition) is 4. The first-order chi connectivity index (χ1) is 8.09. The van der Waals surface area contributed by atoms with Crippen LogP contribution in [0.3, 0.4) is 0 Å². The predicted octanol–water partition coefficient (Wildman–Crippen LogP) is -0.682. The summed E-state index contributed by atoms with van der Waals surface area (Å²) in [6, 6.07) is -0.190. The van der Waals surface area contributed by atoms with Crippen molar-refractivity contribution in [2.45, 2.75) is 19.5 Å². The number of hydrogen-bond donors (Lipinski definition) is 2. The van der Waals surface area contributed by atoms with Crippen LogP contribution in [0.5, 0.6) is 0 Å². The van der Waals surface area contributed by atoms with Gasteiger partial charge in [0.1, 0.15) is 0 Å². The molecule has 0 aliphatic carbocycles. The van der Waals surface area contributed by atoms with Gasteiger partial charge in [0.15, 0.2) is 0 Å². The summed E-state index contributed by atoms with van der Waals surface area (Å²) >= 11 is 0. The van der Waals surface area contributed by atoms with Gasteiger partial charge in [0, 0.05) is 30.9 Å². The molecule has 1 fully saturated rings. The minimum atomic E-state index is -0.230. The highest BCUT2D eigenvalue weighted by Gasteiger charge is 2.31. The Morgan fingerprint density at radius 2 is 2.47 bits per heavy atom. The van der Waals surface area contributed by atoms with Gasteiger partial charge in [0.2, 0.25) is 5.91 Å². The Kier molecular flexibility index (Phi) is 3.44. The van der Waals surface area contributed by atoms with E-state index in [0.717, 1.165) is 11.3 Å². The lowest BCUT2D eigenvalue weighted by molar-refractivity contribution is -0.125. The molecule has 6 nitrogen and oxygen atoms in total. The molecule has 1 amide bonds. The number of nitrogens with two attached hydrogens (primary N) is 1. The standard InChI is InChI=1S/C11H18N4O2/c1-7-8(4-14-15(7)2)3-13-11(16)9-5-17-6-10(9)12/h4,9-10H,3,5-6,12H2,1-2H3,(H,13,16). The van der Waals surface area contributed by atoms with Gasteiger partial charge in [0.25, 0.3) is 0 Å². The molecule has 0 radical (unpaired) electrons. The number of amides is 1. The van der Waals surface area contributed by atoms with E-state index in [1.807, 2.05) is 14.0 Å². The molecule has 17 heavy (non-hydrogen) atoms. The first-order valence-corrected chi connectivity index (χ1v) is 5.68. The van der Waals surface area contributed by atoms with E-state index >= 15 is 0 Å². The molecule has 0 saturated carbocycles. The van der Waals surface area contributed by atoms with Crippen molar-refractivity contribution in [1.29, 1.82) is 0 Å². The lowest BCUT2D eigenvalue weighted by Gasteiger charge is -2.13. The van der Waals surface area contributed by atoms with Gasteiger partial charge in [-0.15, -0.1) is 0 Å². The molecule has 0 bridgehead atoms. The van der Waals surface area contributed by atoms with Gasteiger partial charge in [-0.25, -0.2) is 0 Å². The number of aromatic nitrogens is 2. The number of ether oxygens (including phenoxy) is 1. The average Bonchev–Trinajstić information content (AvgIpc) is 2.85. The van der Waals surface area contributed by atoms with Crippen LogP contribution in [-0.4, -0.2) is 34.9 Å². The summed E-state index contributed by atoms with van der Waals surface area (Å²) in [5, 5.41) is 7.00. The van der Waals surface area contributed by atoms with Crippen molar-refractivity contribution < 1.29 is 9.53 Å². The Morgan fingerprint density at radius 3 is 3.00 bits per heavy atom. The minimum Gasteiger partial charge on any atom is -0.379 e. The zero-order valence-electron chi connectivity index (χ0n) is 10.1. The molecule has 2 heterocycles. The fourth-order valence-electron chi connectivity index (χ4n) is 1.87. The number of aryl methyl sites for hydroxylation is 1. The summed E-state index contributed by atoms with van der Waals surface area (Å²) in [5.74, 6) is -0.273. The third kappa shape index (κ3) is 2.48. The fourth-order valence-corrected chi connectivity index (χ4v) is 1.87. The van der Waals surface area contributed by atoms with Crippen molar-refractivity contribution in [1.82, 2.24) is 15.1 Å². The monoisotopic (exact) mass is 238 g/mol. The first-order valence-electron chi connectivity index (χ1n) is 5.68. The molecule has 1 aliphatic rings. The Morgan fingerprint density at radius 1 is 1.71 bits per heavy atom. The van der Waals surface area contributed by atoms with E-state index in [1.165, 1.54) is 0 Å². The Bertz CT molecular complexity index is 416. The quantitative estimate of drug-likeness (QED) is 0.731. The van der Waals surface area contributed by atoms with Crippen molar-refractivity contribution >= 4 is 5.91 Å². The maximum atomic E-state index is 11.8. The highest BCUT2D eigenvalue weighted by Crippen LogP contribution is 2.12. The van der Waals surface area contributed by atoms with Crippen LogP contribution in [0.25, 0.3) is 0 Å². The largest absolute Gasteiger partial charge is 0.379 e. The second kappa shape index (κ2) is 4.85. The number of carbonyl (C=O) groups is 1. The summed E-state index contributed by atoms with van der Waals surface area (Å²) in [6.07, 6.45) is 1.76. The van der Waals surface area contributed by atoms with E-state index in [9.17, 15) is 4.79 Å². The van der Waals surface area contributed by atoms with Crippen molar-refractivity contribution in [3.63, 3.8) is 0 Å². The SMILES string of the molecule is Cc1c(CNC(=O)C2COCC2N)cnn1C. The molecule has 1 aliphatic heterocycles. The molecule has 2 unspecified atom stereocenters. The molecule has 3 N–H and O–H groups in total. The lowest BCUT2D eigenvalue weighted by Crippen LogP contribution is -2.40. The molecular formula is C11H18N4O2. The molecule has 0 aromatic carbocycles. The summed E-state index contributed by atoms with van der Waals surface area (Å²) in [7, 11) is 1.88. The Labute approximate surface area is 100 Å². The molecule has 1 saturated heterocycles. The van der Waals surface area contributed by atoms with Gasteiger partial charge in [-0.05, 0) is 6.92 Å². The molecule has 2 atom stereocenters. The van der Waals surface area contributed by atoms with Crippen LogP contribution in [0.15, 0.2) is 6.20 Å². The summed E-state index contributed by atoms with van der Waals surface area (Å²) in [5.41, 5.74) is 7.86. The highest BCUT2D eigenvalue weighted by molar-refractivity contribution is 5.79. The second-order valence-corrected chi connectivity index (χ2v) is 4.40. The van der Waals surface area contributed by atoms with Crippen molar-refractivity contribution in [2.75, 3.05) is 13.2 Å². The predicted molar refractivity (Wildman–Crippen MR) is 62.1 cm³/mol. The van der Waals surface area contributed by atoms with Crippen LogP contribution in [0.1, 0.15) is 11.3 Å². The molecule has 1 aromatic rings. The van der Waals surface area contributed by atoms with Gasteiger partial charge in [-0.2, -0.15) is 5.10 Å². The van der Waals surface area contributed by atoms with Gasteiger partial charge in [-0.3, -0.25) is 9.48 Å². The van der Waals surface area contributed by atoms with Crippen LogP contribution in [0, 0.1) is 12.8 Å². The normalized spacial score (nSPS) is 23.9. The van der Waals surface area contributed by atoms with Gasteiger partial charge >= 0.3 is 0 Å². The van der Waals surface area contributed by atoms with Crippen LogP contribution < -0.4 is 11.1 Å². The fraction of sp³-hybridized carbons (Fsp3) is 0.636. The molecular weight excluding hydrogens is 220 g/mol. The van der Waals surface area contributed by atoms with Crippen LogP contribution in [0.2, 0.25) is 0 Å². The Hall–Kier alpha value is -1.40. The number of nitrogens with zero attached hydrogens (tertiary/aromatic N) is 2. The van der Waals surface area contributed by atoms with Crippen LogP contribution >= 0.6 is 0 Å².